The van der Waals surface area contributed by atoms with Gasteiger partial charge in [-0.2, -0.15) is 5.10 Å². The van der Waals surface area contributed by atoms with Crippen molar-refractivity contribution in [1.82, 2.24) is 33.8 Å². The Morgan fingerprint density at radius 2 is 1.42 bits per heavy atom. The molecule has 0 aliphatic rings. The molecule has 3 aromatic heterocycles. The van der Waals surface area contributed by atoms with Gasteiger partial charge in [0.2, 0.25) is 23.7 Å². The molecule has 0 saturated carbocycles. The number of methoxy groups -OCH3 is 1. The Labute approximate surface area is 344 Å². The third-order valence-corrected chi connectivity index (χ3v) is 8.43. The number of aryl methyl sites for hydroxylation is 2. The first-order valence-corrected chi connectivity index (χ1v) is 19.6. The fraction of sp³-hybridized carbons (Fsp3) is 0.439. The standard InChI is InChI=1S/C37H47N11O7.2C2H6/c1-8-48-26(16-21(2)44-48)33(51)43-35-42-25-18-22(31(38)49)19-27(53-7)29(25)47(35)14-10-9-13-46-30-24(41-34(46)40)17-23(32(39)50)20-28(30)54-15-11-12-45(6)36(52)55-37(3,4)5;2*1-2/h9-10,16-20H,8,11-15H2,1-7H3,(H2,38,49)(H2,39,50)(H2,40,41)(H,42,43,51);2*1-2H3/b10-9+;;. The Kier molecular flexibility index (Phi) is 16.4. The third-order valence-electron chi connectivity index (χ3n) is 8.43. The number of nitrogens with zero attached hydrogens (tertiary/aromatic N) is 7. The summed E-state index contributed by atoms with van der Waals surface area (Å²) in [6, 6.07) is 7.82. The zero-order valence-corrected chi connectivity index (χ0v) is 36.0. The van der Waals surface area contributed by atoms with E-state index in [-0.39, 0.29) is 42.7 Å². The lowest BCUT2D eigenvalue weighted by Gasteiger charge is -2.24. The molecule has 4 amide bonds. The first-order valence-electron chi connectivity index (χ1n) is 19.6. The van der Waals surface area contributed by atoms with Crippen LogP contribution in [0.5, 0.6) is 11.5 Å². The number of hydrogen-bond donors (Lipinski definition) is 4. The number of aromatic nitrogens is 6. The number of nitrogens with two attached hydrogens (primary N) is 3. The number of nitrogens with one attached hydrogen (secondary N) is 1. The van der Waals surface area contributed by atoms with Crippen LogP contribution in [-0.2, 0) is 24.4 Å². The number of anilines is 2. The van der Waals surface area contributed by atoms with E-state index in [4.69, 9.17) is 31.4 Å². The van der Waals surface area contributed by atoms with Gasteiger partial charge >= 0.3 is 6.09 Å². The largest absolute Gasteiger partial charge is 0.494 e. The fourth-order valence-corrected chi connectivity index (χ4v) is 5.90. The number of hydrogen-bond acceptors (Lipinski definition) is 11. The highest BCUT2D eigenvalue weighted by molar-refractivity contribution is 6.04. The van der Waals surface area contributed by atoms with Crippen LogP contribution >= 0.6 is 0 Å². The van der Waals surface area contributed by atoms with E-state index in [0.29, 0.717) is 64.5 Å². The summed E-state index contributed by atoms with van der Waals surface area (Å²) in [6.07, 6.45) is 3.70. The smallest absolute Gasteiger partial charge is 0.410 e. The SMILES string of the molecule is CC.CC.CCn1nc(C)cc1C(=O)Nc1nc2cc(C(N)=O)cc(OC)c2n1C/C=C/Cn1c(N)nc2cc(C(N)=O)cc(OCCCN(C)C(=O)OC(C)(C)C)c21. The van der Waals surface area contributed by atoms with Gasteiger partial charge in [-0.25, -0.2) is 14.8 Å². The molecule has 0 fully saturated rings. The highest BCUT2D eigenvalue weighted by atomic mass is 16.6. The normalized spacial score (nSPS) is 11.1. The lowest BCUT2D eigenvalue weighted by Crippen LogP contribution is -2.35. The molecule has 18 heteroatoms. The number of nitrogen functional groups attached to an aromatic ring is 1. The van der Waals surface area contributed by atoms with Crippen molar-refractivity contribution in [2.45, 2.75) is 94.0 Å². The molecule has 2 aromatic carbocycles. The maximum atomic E-state index is 13.5. The molecule has 0 saturated heterocycles. The minimum absolute atomic E-state index is 0.167. The van der Waals surface area contributed by atoms with Gasteiger partial charge in [-0.05, 0) is 71.4 Å². The van der Waals surface area contributed by atoms with E-state index in [0.717, 1.165) is 0 Å². The van der Waals surface area contributed by atoms with E-state index < -0.39 is 29.4 Å². The molecule has 0 atom stereocenters. The minimum atomic E-state index is -0.660. The Morgan fingerprint density at radius 1 is 0.864 bits per heavy atom. The molecule has 3 heterocycles. The molecule has 320 valence electrons. The van der Waals surface area contributed by atoms with E-state index in [2.05, 4.69) is 20.4 Å². The van der Waals surface area contributed by atoms with Gasteiger partial charge in [0.1, 0.15) is 33.8 Å². The first-order chi connectivity index (χ1) is 28.0. The quantitative estimate of drug-likeness (QED) is 0.0716. The second-order valence-electron chi connectivity index (χ2n) is 13.8. The van der Waals surface area contributed by atoms with Gasteiger partial charge in [-0.1, -0.05) is 39.8 Å². The number of carbonyl (C=O) groups excluding carboxylic acids is 4. The van der Waals surface area contributed by atoms with Crippen molar-refractivity contribution in [3.8, 4) is 11.5 Å². The third kappa shape index (κ3) is 11.5. The lowest BCUT2D eigenvalue weighted by molar-refractivity contribution is 0.0291. The maximum Gasteiger partial charge on any atom is 0.410 e. The number of ether oxygens (including phenoxy) is 3. The van der Waals surface area contributed by atoms with Gasteiger partial charge < -0.3 is 45.4 Å². The number of benzene rings is 2. The van der Waals surface area contributed by atoms with Crippen molar-refractivity contribution in [2.24, 2.45) is 11.5 Å². The average Bonchev–Trinajstić information content (AvgIpc) is 3.86. The van der Waals surface area contributed by atoms with Crippen LogP contribution in [0.2, 0.25) is 0 Å². The first kappa shape index (κ1) is 46.8. The summed E-state index contributed by atoms with van der Waals surface area (Å²) >= 11 is 0. The van der Waals surface area contributed by atoms with Gasteiger partial charge in [0, 0.05) is 44.4 Å². The summed E-state index contributed by atoms with van der Waals surface area (Å²) in [5.41, 5.74) is 20.2. The van der Waals surface area contributed by atoms with Crippen LogP contribution in [0.15, 0.2) is 42.5 Å². The lowest BCUT2D eigenvalue weighted by atomic mass is 10.1. The summed E-state index contributed by atoms with van der Waals surface area (Å²) in [5, 5.41) is 7.26. The van der Waals surface area contributed by atoms with E-state index >= 15 is 0 Å². The van der Waals surface area contributed by atoms with Gasteiger partial charge in [-0.3, -0.25) is 24.4 Å². The molecule has 18 nitrogen and oxygen atoms in total. The van der Waals surface area contributed by atoms with Crippen molar-refractivity contribution in [2.75, 3.05) is 38.4 Å². The average molecular weight is 818 g/mol. The molecular weight excluding hydrogens is 759 g/mol. The highest BCUT2D eigenvalue weighted by Crippen LogP contribution is 2.32. The summed E-state index contributed by atoms with van der Waals surface area (Å²) < 4.78 is 22.2. The number of fused-ring (bicyclic) bond motifs is 2. The molecule has 0 radical (unpaired) electrons. The summed E-state index contributed by atoms with van der Waals surface area (Å²) in [5.74, 6) is -0.706. The second kappa shape index (κ2) is 20.7. The van der Waals surface area contributed by atoms with Gasteiger partial charge in [0.05, 0.1) is 30.4 Å². The summed E-state index contributed by atoms with van der Waals surface area (Å²) in [7, 11) is 3.10. The van der Waals surface area contributed by atoms with E-state index in [1.807, 2.05) is 46.8 Å². The second-order valence-corrected chi connectivity index (χ2v) is 13.8. The van der Waals surface area contributed by atoms with Crippen molar-refractivity contribution in [1.29, 1.82) is 0 Å². The van der Waals surface area contributed by atoms with Gasteiger partial charge in [-0.15, -0.1) is 0 Å². The zero-order valence-electron chi connectivity index (χ0n) is 36.0. The molecule has 5 rings (SSSR count). The van der Waals surface area contributed by atoms with Crippen LogP contribution in [0.3, 0.4) is 0 Å². The van der Waals surface area contributed by atoms with Crippen LogP contribution in [0.4, 0.5) is 16.7 Å². The molecule has 0 aliphatic carbocycles. The summed E-state index contributed by atoms with van der Waals surface area (Å²) in [6.45, 7) is 18.6. The van der Waals surface area contributed by atoms with Crippen LogP contribution in [0.1, 0.15) is 98.7 Å². The molecule has 5 aromatic rings. The number of rotatable bonds is 15. The highest BCUT2D eigenvalue weighted by Gasteiger charge is 2.23. The Morgan fingerprint density at radius 3 is 1.98 bits per heavy atom. The zero-order chi connectivity index (χ0) is 44.2. The number of carbonyl (C=O) groups is 4. The summed E-state index contributed by atoms with van der Waals surface area (Å²) in [4.78, 5) is 60.7. The van der Waals surface area contributed by atoms with Crippen LogP contribution in [-0.4, -0.2) is 90.5 Å². The number of allylic oxidation sites excluding steroid dienone is 2. The minimum Gasteiger partial charge on any atom is -0.494 e. The predicted molar refractivity (Wildman–Crippen MR) is 229 cm³/mol. The molecule has 59 heavy (non-hydrogen) atoms. The monoisotopic (exact) mass is 817 g/mol. The Balaban J connectivity index is 0.00000225. The van der Waals surface area contributed by atoms with Crippen LogP contribution < -0.4 is 32.0 Å². The van der Waals surface area contributed by atoms with E-state index in [9.17, 15) is 19.2 Å². The van der Waals surface area contributed by atoms with E-state index in [1.165, 1.54) is 30.2 Å². The number of amides is 4. The fourth-order valence-electron chi connectivity index (χ4n) is 5.90. The Bertz CT molecular complexity index is 2300. The van der Waals surface area contributed by atoms with Crippen molar-refractivity contribution < 1.29 is 33.4 Å². The Hall–Kier alpha value is -6.59. The maximum absolute atomic E-state index is 13.5. The van der Waals surface area contributed by atoms with Crippen LogP contribution in [0, 0.1) is 6.92 Å². The predicted octanol–water partition coefficient (Wildman–Crippen LogP) is 5.90. The molecule has 0 spiro atoms. The van der Waals surface area contributed by atoms with Crippen molar-refractivity contribution in [3.63, 3.8) is 0 Å². The molecule has 0 unspecified atom stereocenters. The number of imidazole rings is 2. The van der Waals surface area contributed by atoms with Gasteiger partial charge in [0.25, 0.3) is 5.91 Å². The number of primary amides is 2. The van der Waals surface area contributed by atoms with Gasteiger partial charge in [0.15, 0.2) is 0 Å². The molecular formula is C41H59N11O7. The van der Waals surface area contributed by atoms with Crippen molar-refractivity contribution in [3.05, 3.63) is 65.0 Å². The van der Waals surface area contributed by atoms with Crippen molar-refractivity contribution >= 4 is 57.8 Å². The molecule has 0 aliphatic heterocycles. The van der Waals surface area contributed by atoms with Crippen LogP contribution in [0.25, 0.3) is 22.1 Å². The van der Waals surface area contributed by atoms with E-state index in [1.54, 1.807) is 60.7 Å². The topological polar surface area (TPSA) is 243 Å². The molecule has 7 N–H and O–H groups in total. The molecule has 0 bridgehead atoms.